The van der Waals surface area contributed by atoms with Gasteiger partial charge in [-0.05, 0) is 115 Å². The number of hydrogen-bond acceptors (Lipinski definition) is 4. The summed E-state index contributed by atoms with van der Waals surface area (Å²) < 4.78 is 13.3. The Morgan fingerprint density at radius 1 is 0.438 bits per heavy atom. The van der Waals surface area contributed by atoms with Crippen LogP contribution in [-0.4, -0.2) is 5.71 Å². The third-order valence-corrected chi connectivity index (χ3v) is 13.3. The number of hydrogen-bond donors (Lipinski definition) is 1. The topological polar surface area (TPSA) is 50.7 Å². The maximum Gasteiger partial charge on any atom is 0.145 e. The van der Waals surface area contributed by atoms with Gasteiger partial charge in [-0.3, -0.25) is 4.99 Å². The van der Waals surface area contributed by atoms with Gasteiger partial charge in [-0.25, -0.2) is 0 Å². The molecule has 10 aromatic carbocycles. The fraction of sp³-hybridized carbons (Fsp3) is 0.0500. The number of allylic oxidation sites excluding steroid dienone is 1. The van der Waals surface area contributed by atoms with Crippen molar-refractivity contribution in [2.24, 2.45) is 4.99 Å². The first-order valence-electron chi connectivity index (χ1n) is 22.0. The second-order valence-electron chi connectivity index (χ2n) is 17.1. The minimum Gasteiger partial charge on any atom is -0.456 e. The van der Waals surface area contributed by atoms with Crippen molar-refractivity contribution in [2.75, 3.05) is 0 Å². The summed E-state index contributed by atoms with van der Waals surface area (Å²) in [4.78, 5) is 5.70. The lowest BCUT2D eigenvalue weighted by atomic mass is 9.89. The third-order valence-electron chi connectivity index (χ3n) is 13.3. The Morgan fingerprint density at radius 3 is 1.84 bits per heavy atom. The van der Waals surface area contributed by atoms with E-state index in [9.17, 15) is 0 Å². The predicted molar refractivity (Wildman–Crippen MR) is 267 cm³/mol. The normalized spacial score (nSPS) is 14.6. The summed E-state index contributed by atoms with van der Waals surface area (Å²) in [5.41, 5.74) is 14.6. The monoisotopic (exact) mass is 820 g/mol. The van der Waals surface area contributed by atoms with Crippen molar-refractivity contribution < 1.29 is 8.83 Å². The molecule has 0 bridgehead atoms. The van der Waals surface area contributed by atoms with Crippen molar-refractivity contribution in [1.82, 2.24) is 5.32 Å². The Balaban J connectivity index is 1.02. The van der Waals surface area contributed by atoms with Gasteiger partial charge in [0.2, 0.25) is 0 Å². The lowest BCUT2D eigenvalue weighted by molar-refractivity contribution is 0.658. The molecule has 1 unspecified atom stereocenters. The molecule has 1 atom stereocenters. The molecule has 0 radical (unpaired) electrons. The average molecular weight is 821 g/mol. The molecule has 12 aromatic rings. The number of furan rings is 2. The molecule has 2 aromatic heterocycles. The van der Waals surface area contributed by atoms with Crippen molar-refractivity contribution in [2.45, 2.75) is 19.5 Å². The van der Waals surface area contributed by atoms with Crippen LogP contribution >= 0.6 is 0 Å². The number of nitrogens with zero attached hydrogens (tertiary/aromatic N) is 1. The smallest absolute Gasteiger partial charge is 0.145 e. The Hall–Kier alpha value is -8.21. The highest BCUT2D eigenvalue weighted by molar-refractivity contribution is 6.17. The first kappa shape index (κ1) is 36.4. The Bertz CT molecular complexity index is 3940. The van der Waals surface area contributed by atoms with Gasteiger partial charge in [-0.15, -0.1) is 0 Å². The highest BCUT2D eigenvalue weighted by Gasteiger charge is 2.26. The van der Waals surface area contributed by atoms with Gasteiger partial charge in [0.15, 0.2) is 0 Å². The van der Waals surface area contributed by atoms with Gasteiger partial charge in [0.1, 0.15) is 28.5 Å². The molecule has 1 N–H and O–H groups in total. The van der Waals surface area contributed by atoms with Crippen LogP contribution in [0.15, 0.2) is 220 Å². The van der Waals surface area contributed by atoms with E-state index in [0.29, 0.717) is 6.42 Å². The van der Waals surface area contributed by atoms with E-state index in [2.05, 4.69) is 200 Å². The summed E-state index contributed by atoms with van der Waals surface area (Å²) in [7, 11) is 0. The molecule has 0 fully saturated rings. The molecule has 3 heterocycles. The zero-order valence-electron chi connectivity index (χ0n) is 35.1. The molecule has 0 saturated carbocycles. The van der Waals surface area contributed by atoms with E-state index < -0.39 is 6.17 Å². The van der Waals surface area contributed by atoms with Crippen LogP contribution < -0.4 is 5.32 Å². The molecule has 0 amide bonds. The van der Waals surface area contributed by atoms with Crippen LogP contribution in [0.25, 0.3) is 104 Å². The summed E-state index contributed by atoms with van der Waals surface area (Å²) in [6.07, 6.45) is 0.267. The molecule has 0 aliphatic carbocycles. The van der Waals surface area contributed by atoms with E-state index >= 15 is 0 Å². The van der Waals surface area contributed by atoms with Gasteiger partial charge >= 0.3 is 0 Å². The van der Waals surface area contributed by atoms with Crippen LogP contribution in [0.2, 0.25) is 0 Å². The van der Waals surface area contributed by atoms with E-state index in [-0.39, 0.29) is 0 Å². The van der Waals surface area contributed by atoms with Crippen LogP contribution in [0.3, 0.4) is 0 Å². The SMILES string of the molecule is CC1=C(c2cccc3c2oc2ccccc23)NC(c2ccc(-c3cc(-c4ccc5ccccc5c4)cc4oc5ccccc5c34)c3ccccc23)N=C(c2ccc3ccccc3c2)C1. The third kappa shape index (κ3) is 5.87. The van der Waals surface area contributed by atoms with Gasteiger partial charge < -0.3 is 14.2 Å². The summed E-state index contributed by atoms with van der Waals surface area (Å²) >= 11 is 0. The van der Waals surface area contributed by atoms with Gasteiger partial charge in [0.25, 0.3) is 0 Å². The van der Waals surface area contributed by atoms with Gasteiger partial charge in [-0.2, -0.15) is 0 Å². The van der Waals surface area contributed by atoms with E-state index in [1.165, 1.54) is 27.1 Å². The molecule has 13 rings (SSSR count). The first-order valence-corrected chi connectivity index (χ1v) is 22.0. The predicted octanol–water partition coefficient (Wildman–Crippen LogP) is 16.2. The standard InChI is InChI=1S/C60H40N2O2/c1-36-31-53(42-28-26-38-14-3-5-16-40(38)33-42)61-60(62-58(36)51-22-12-21-48-47-19-8-10-23-54(47)64-59(48)51)49-30-29-46(44-17-6-7-18-45(44)49)52-34-43(41-27-25-37-13-2-4-15-39(37)32-41)35-56-57(52)50-20-9-11-24-55(50)63-56/h2-30,32-35,60,62H,31H2,1H3. The molecule has 64 heavy (non-hydrogen) atoms. The largest absolute Gasteiger partial charge is 0.456 e. The number of rotatable bonds is 5. The molecule has 1 aliphatic rings. The minimum absolute atomic E-state index is 0.411. The molecule has 4 nitrogen and oxygen atoms in total. The second-order valence-corrected chi connectivity index (χ2v) is 17.1. The Labute approximate surface area is 369 Å². The molecule has 0 saturated heterocycles. The second kappa shape index (κ2) is 14.4. The summed E-state index contributed by atoms with van der Waals surface area (Å²) in [5.74, 6) is 0. The van der Waals surface area contributed by atoms with Crippen molar-refractivity contribution in [3.05, 3.63) is 222 Å². The van der Waals surface area contributed by atoms with E-state index in [0.717, 1.165) is 105 Å². The Morgan fingerprint density at radius 2 is 1.06 bits per heavy atom. The lowest BCUT2D eigenvalue weighted by Gasteiger charge is -2.22. The molecule has 1 aliphatic heterocycles. The Kier molecular flexibility index (Phi) is 8.22. The maximum absolute atomic E-state index is 6.66. The van der Waals surface area contributed by atoms with Crippen LogP contribution in [0, 0.1) is 0 Å². The number of para-hydroxylation sites is 3. The summed E-state index contributed by atoms with van der Waals surface area (Å²) in [6, 6.07) is 71.6. The van der Waals surface area contributed by atoms with Crippen molar-refractivity contribution in [1.29, 1.82) is 0 Å². The van der Waals surface area contributed by atoms with E-state index in [1.807, 2.05) is 12.1 Å². The molecule has 0 spiro atoms. The van der Waals surface area contributed by atoms with E-state index in [1.54, 1.807) is 0 Å². The molecule has 4 heteroatoms. The quantitative estimate of drug-likeness (QED) is 0.188. The van der Waals surface area contributed by atoms with Crippen LogP contribution in [-0.2, 0) is 0 Å². The van der Waals surface area contributed by atoms with Gasteiger partial charge in [0.05, 0.1) is 0 Å². The van der Waals surface area contributed by atoms with Gasteiger partial charge in [-0.1, -0.05) is 158 Å². The fourth-order valence-electron chi connectivity index (χ4n) is 10.2. The van der Waals surface area contributed by atoms with E-state index in [4.69, 9.17) is 13.8 Å². The van der Waals surface area contributed by atoms with Crippen molar-refractivity contribution in [3.63, 3.8) is 0 Å². The zero-order valence-corrected chi connectivity index (χ0v) is 35.1. The van der Waals surface area contributed by atoms with Crippen LogP contribution in [0.4, 0.5) is 0 Å². The highest BCUT2D eigenvalue weighted by Crippen LogP contribution is 2.45. The van der Waals surface area contributed by atoms with Crippen LogP contribution in [0.5, 0.6) is 0 Å². The van der Waals surface area contributed by atoms with Crippen LogP contribution in [0.1, 0.15) is 36.2 Å². The minimum atomic E-state index is -0.411. The maximum atomic E-state index is 6.66. The number of nitrogens with one attached hydrogen (secondary N) is 1. The molecule has 302 valence electrons. The summed E-state index contributed by atoms with van der Waals surface area (Å²) in [5, 5.41) is 15.6. The number of aliphatic imine (C=N–C) groups is 1. The molecular formula is C60H40N2O2. The van der Waals surface area contributed by atoms with Gasteiger partial charge in [0, 0.05) is 50.5 Å². The summed E-state index contributed by atoms with van der Waals surface area (Å²) in [6.45, 7) is 2.23. The lowest BCUT2D eigenvalue weighted by Crippen LogP contribution is -2.19. The molecular weight excluding hydrogens is 781 g/mol. The fourth-order valence-corrected chi connectivity index (χ4v) is 10.2. The number of fused-ring (bicyclic) bond motifs is 9. The zero-order chi connectivity index (χ0) is 42.3. The average Bonchev–Trinajstić information content (AvgIpc) is 3.87. The first-order chi connectivity index (χ1) is 31.6. The number of benzene rings is 10. The van der Waals surface area contributed by atoms with Crippen molar-refractivity contribution >= 4 is 87.6 Å². The van der Waals surface area contributed by atoms with Crippen molar-refractivity contribution in [3.8, 4) is 22.3 Å². The highest BCUT2D eigenvalue weighted by atomic mass is 16.3.